The fourth-order valence-electron chi connectivity index (χ4n) is 8.58. The zero-order valence-corrected chi connectivity index (χ0v) is 19.9. The van der Waals surface area contributed by atoms with Crippen molar-refractivity contribution in [1.82, 2.24) is 0 Å². The maximum Gasteiger partial charge on any atom is -0.0143 e. The molecule has 0 radical (unpaired) electrons. The Hall–Kier alpha value is -0.260. The summed E-state index contributed by atoms with van der Waals surface area (Å²) in [4.78, 5) is 0. The lowest BCUT2D eigenvalue weighted by Crippen LogP contribution is -2.48. The van der Waals surface area contributed by atoms with E-state index in [1.807, 2.05) is 5.57 Å². The van der Waals surface area contributed by atoms with Gasteiger partial charge in [-0.25, -0.2) is 0 Å². The molecule has 3 fully saturated rings. The van der Waals surface area contributed by atoms with Crippen LogP contribution in [0.5, 0.6) is 0 Å². The summed E-state index contributed by atoms with van der Waals surface area (Å²) in [6.45, 7) is 15.3. The first kappa shape index (κ1) is 21.0. The minimum absolute atomic E-state index is 0.598. The summed E-state index contributed by atoms with van der Waals surface area (Å²) in [5.74, 6) is 6.44. The molecular formula is C28H48. The maximum atomic E-state index is 2.79. The Morgan fingerprint density at radius 3 is 2.36 bits per heavy atom. The minimum atomic E-state index is 0.598. The number of hydrogen-bond donors (Lipinski definition) is 0. The smallest absolute Gasteiger partial charge is 0.0143 e. The van der Waals surface area contributed by atoms with Gasteiger partial charge in [0.2, 0.25) is 0 Å². The van der Waals surface area contributed by atoms with Crippen molar-refractivity contribution >= 4 is 0 Å². The molecule has 4 rings (SSSR count). The van der Waals surface area contributed by atoms with Gasteiger partial charge in [-0.15, -0.1) is 0 Å². The van der Waals surface area contributed by atoms with Crippen LogP contribution in [0.15, 0.2) is 11.6 Å². The first-order valence-electron chi connectivity index (χ1n) is 13.0. The Balaban J connectivity index is 1.49. The standard InChI is InChI=1S/C28H48/c1-19(2)20(3)10-11-21(4)24-14-15-25-23-13-12-22-9-7-8-17-27(22,5)26(23)16-18-28(24,25)6/h13,19-22,24-26H,7-12,14-18H2,1-6H3/t20?,21-,22?,24-,25+,26+,27+,28-/m1/s1. The molecule has 0 heteroatoms. The molecule has 160 valence electrons. The molecule has 0 aliphatic heterocycles. The molecule has 2 unspecified atom stereocenters. The Morgan fingerprint density at radius 1 is 0.857 bits per heavy atom. The van der Waals surface area contributed by atoms with Gasteiger partial charge >= 0.3 is 0 Å². The van der Waals surface area contributed by atoms with Gasteiger partial charge in [-0.2, -0.15) is 0 Å². The number of allylic oxidation sites excluding steroid dienone is 2. The van der Waals surface area contributed by atoms with E-state index in [1.54, 1.807) is 0 Å². The van der Waals surface area contributed by atoms with Crippen molar-refractivity contribution < 1.29 is 0 Å². The Kier molecular flexibility index (Phi) is 5.83. The lowest BCUT2D eigenvalue weighted by Gasteiger charge is -2.57. The van der Waals surface area contributed by atoms with Crippen LogP contribution in [0.3, 0.4) is 0 Å². The molecule has 4 aliphatic rings. The first-order chi connectivity index (χ1) is 13.3. The fourth-order valence-corrected chi connectivity index (χ4v) is 8.58. The molecule has 0 heterocycles. The molecule has 0 aromatic heterocycles. The third-order valence-electron chi connectivity index (χ3n) is 11.0. The molecule has 8 atom stereocenters. The molecule has 28 heavy (non-hydrogen) atoms. The highest BCUT2D eigenvalue weighted by atomic mass is 14.6. The molecule has 3 saturated carbocycles. The summed E-state index contributed by atoms with van der Waals surface area (Å²) in [6.07, 6.45) is 19.1. The Bertz CT molecular complexity index is 585. The molecule has 0 aromatic rings. The van der Waals surface area contributed by atoms with E-state index in [2.05, 4.69) is 47.6 Å². The van der Waals surface area contributed by atoms with Crippen LogP contribution in [-0.4, -0.2) is 0 Å². The van der Waals surface area contributed by atoms with Gasteiger partial charge in [0.25, 0.3) is 0 Å². The molecule has 0 amide bonds. The highest BCUT2D eigenvalue weighted by molar-refractivity contribution is 5.27. The maximum absolute atomic E-state index is 2.79. The second-order valence-corrected chi connectivity index (χ2v) is 12.5. The highest BCUT2D eigenvalue weighted by Gasteiger charge is 2.57. The van der Waals surface area contributed by atoms with Gasteiger partial charge in [-0.1, -0.05) is 78.9 Å². The topological polar surface area (TPSA) is 0 Å². The van der Waals surface area contributed by atoms with E-state index >= 15 is 0 Å². The molecule has 0 aromatic carbocycles. The fraction of sp³-hybridized carbons (Fsp3) is 0.929. The average molecular weight is 385 g/mol. The van der Waals surface area contributed by atoms with E-state index in [0.29, 0.717) is 10.8 Å². The van der Waals surface area contributed by atoms with E-state index < -0.39 is 0 Å². The van der Waals surface area contributed by atoms with Gasteiger partial charge in [-0.3, -0.25) is 0 Å². The summed E-state index contributed by atoms with van der Waals surface area (Å²) in [5, 5.41) is 0. The largest absolute Gasteiger partial charge is 0.0844 e. The summed E-state index contributed by atoms with van der Waals surface area (Å²) in [5.41, 5.74) is 3.19. The zero-order chi connectivity index (χ0) is 20.1. The van der Waals surface area contributed by atoms with Crippen LogP contribution < -0.4 is 0 Å². The predicted octanol–water partition coefficient (Wildman–Crippen LogP) is 8.66. The Morgan fingerprint density at radius 2 is 1.61 bits per heavy atom. The van der Waals surface area contributed by atoms with Crippen LogP contribution in [0.4, 0.5) is 0 Å². The third-order valence-corrected chi connectivity index (χ3v) is 11.0. The van der Waals surface area contributed by atoms with Gasteiger partial charge in [0.15, 0.2) is 0 Å². The van der Waals surface area contributed by atoms with Crippen molar-refractivity contribution in [2.24, 2.45) is 52.3 Å². The summed E-state index contributed by atoms with van der Waals surface area (Å²) >= 11 is 0. The van der Waals surface area contributed by atoms with E-state index in [0.717, 1.165) is 41.4 Å². The minimum Gasteiger partial charge on any atom is -0.0844 e. The molecule has 0 N–H and O–H groups in total. The molecule has 0 saturated heterocycles. The molecule has 0 bridgehead atoms. The van der Waals surface area contributed by atoms with Crippen LogP contribution in [0.25, 0.3) is 0 Å². The van der Waals surface area contributed by atoms with Crippen molar-refractivity contribution in [2.75, 3.05) is 0 Å². The number of rotatable bonds is 5. The highest BCUT2D eigenvalue weighted by Crippen LogP contribution is 2.66. The third kappa shape index (κ3) is 3.33. The summed E-state index contributed by atoms with van der Waals surface area (Å²) < 4.78 is 0. The van der Waals surface area contributed by atoms with Crippen molar-refractivity contribution in [3.63, 3.8) is 0 Å². The van der Waals surface area contributed by atoms with Crippen molar-refractivity contribution in [2.45, 2.75) is 112 Å². The SMILES string of the molecule is CC(C)C(C)CC[C@@H](C)[C@H]1CC[C@H]2C3=CCC4CCCC[C@]4(C)[C@H]3CC[C@]12C. The normalized spacial score (nSPS) is 45.0. The summed E-state index contributed by atoms with van der Waals surface area (Å²) in [7, 11) is 0. The van der Waals surface area contributed by atoms with Crippen molar-refractivity contribution in [1.29, 1.82) is 0 Å². The van der Waals surface area contributed by atoms with Crippen LogP contribution in [0.1, 0.15) is 112 Å². The van der Waals surface area contributed by atoms with Crippen LogP contribution >= 0.6 is 0 Å². The van der Waals surface area contributed by atoms with Crippen LogP contribution in [0, 0.1) is 52.3 Å². The lowest BCUT2D eigenvalue weighted by molar-refractivity contribution is -0.00825. The first-order valence-corrected chi connectivity index (χ1v) is 13.0. The second kappa shape index (κ2) is 7.77. The summed E-state index contributed by atoms with van der Waals surface area (Å²) in [6, 6.07) is 0. The number of hydrogen-bond acceptors (Lipinski definition) is 0. The van der Waals surface area contributed by atoms with Gasteiger partial charge < -0.3 is 0 Å². The second-order valence-electron chi connectivity index (χ2n) is 12.5. The molecule has 4 aliphatic carbocycles. The van der Waals surface area contributed by atoms with Crippen molar-refractivity contribution in [3.8, 4) is 0 Å². The van der Waals surface area contributed by atoms with Crippen LogP contribution in [-0.2, 0) is 0 Å². The van der Waals surface area contributed by atoms with E-state index in [4.69, 9.17) is 0 Å². The molecular weight excluding hydrogens is 336 g/mol. The van der Waals surface area contributed by atoms with E-state index in [1.165, 1.54) is 70.6 Å². The quantitative estimate of drug-likeness (QED) is 0.416. The van der Waals surface area contributed by atoms with Crippen LogP contribution in [0.2, 0.25) is 0 Å². The van der Waals surface area contributed by atoms with Gasteiger partial charge in [-0.05, 0) is 97.2 Å². The van der Waals surface area contributed by atoms with Gasteiger partial charge in [0.05, 0.1) is 0 Å². The predicted molar refractivity (Wildman–Crippen MR) is 122 cm³/mol. The van der Waals surface area contributed by atoms with Gasteiger partial charge in [0, 0.05) is 0 Å². The molecule has 0 nitrogen and oxygen atoms in total. The zero-order valence-electron chi connectivity index (χ0n) is 19.9. The van der Waals surface area contributed by atoms with E-state index in [-0.39, 0.29) is 0 Å². The monoisotopic (exact) mass is 384 g/mol. The van der Waals surface area contributed by atoms with E-state index in [9.17, 15) is 0 Å². The van der Waals surface area contributed by atoms with Gasteiger partial charge in [0.1, 0.15) is 0 Å². The molecule has 0 spiro atoms. The number of fused-ring (bicyclic) bond motifs is 5. The lowest BCUT2D eigenvalue weighted by atomic mass is 9.48. The Labute approximate surface area is 176 Å². The van der Waals surface area contributed by atoms with Crippen molar-refractivity contribution in [3.05, 3.63) is 11.6 Å². The average Bonchev–Trinajstić information content (AvgIpc) is 3.02.